The van der Waals surface area contributed by atoms with Crippen molar-refractivity contribution >= 4 is 17.5 Å². The molecule has 0 saturated carbocycles. The van der Waals surface area contributed by atoms with E-state index in [1.54, 1.807) is 26.1 Å². The van der Waals surface area contributed by atoms with E-state index < -0.39 is 23.0 Å². The topological polar surface area (TPSA) is 101 Å². The number of aliphatic carboxylic acids is 1. The quantitative estimate of drug-likeness (QED) is 0.867. The van der Waals surface area contributed by atoms with Crippen molar-refractivity contribution in [3.05, 3.63) is 46.0 Å². The SMILES string of the molecule is Cc1cccn2c(=O)c(C(=O)NC(C)(C)CCC(=O)O)cnc12. The van der Waals surface area contributed by atoms with E-state index in [4.69, 9.17) is 5.11 Å². The Morgan fingerprint density at radius 2 is 2.09 bits per heavy atom. The third-order valence-corrected chi connectivity index (χ3v) is 3.59. The van der Waals surface area contributed by atoms with Gasteiger partial charge in [0.25, 0.3) is 11.5 Å². The summed E-state index contributed by atoms with van der Waals surface area (Å²) in [6.07, 6.45) is 3.01. The first-order valence-electron chi connectivity index (χ1n) is 7.22. The number of aryl methyl sites for hydroxylation is 1. The molecule has 2 heterocycles. The van der Waals surface area contributed by atoms with E-state index in [1.165, 1.54) is 10.6 Å². The zero-order chi connectivity index (χ0) is 17.2. The van der Waals surface area contributed by atoms with Crippen molar-refractivity contribution in [1.29, 1.82) is 0 Å². The van der Waals surface area contributed by atoms with Gasteiger partial charge in [0.15, 0.2) is 0 Å². The highest BCUT2D eigenvalue weighted by Gasteiger charge is 2.24. The van der Waals surface area contributed by atoms with Crippen molar-refractivity contribution in [2.75, 3.05) is 0 Å². The number of fused-ring (bicyclic) bond motifs is 1. The molecule has 0 unspecified atom stereocenters. The second-order valence-corrected chi connectivity index (χ2v) is 6.09. The third kappa shape index (κ3) is 3.74. The first kappa shape index (κ1) is 16.7. The molecule has 0 bridgehead atoms. The maximum atomic E-state index is 12.4. The minimum Gasteiger partial charge on any atom is -0.481 e. The average molecular weight is 317 g/mol. The summed E-state index contributed by atoms with van der Waals surface area (Å²) in [5.74, 6) is -1.50. The van der Waals surface area contributed by atoms with Gasteiger partial charge in [0.1, 0.15) is 11.2 Å². The largest absolute Gasteiger partial charge is 0.481 e. The van der Waals surface area contributed by atoms with Crippen LogP contribution in [-0.2, 0) is 4.79 Å². The van der Waals surface area contributed by atoms with Gasteiger partial charge in [0.05, 0.1) is 0 Å². The number of carbonyl (C=O) groups excluding carboxylic acids is 1. The van der Waals surface area contributed by atoms with E-state index in [1.807, 2.05) is 13.0 Å². The predicted molar refractivity (Wildman–Crippen MR) is 84.6 cm³/mol. The number of nitrogens with one attached hydrogen (secondary N) is 1. The molecule has 2 aromatic heterocycles. The molecule has 0 saturated heterocycles. The molecular formula is C16H19N3O4. The van der Waals surface area contributed by atoms with E-state index in [0.717, 1.165) is 5.56 Å². The van der Waals surface area contributed by atoms with E-state index in [9.17, 15) is 14.4 Å². The van der Waals surface area contributed by atoms with Gasteiger partial charge in [0.2, 0.25) is 0 Å². The molecule has 23 heavy (non-hydrogen) atoms. The summed E-state index contributed by atoms with van der Waals surface area (Å²) in [7, 11) is 0. The number of carboxylic acids is 1. The second kappa shape index (κ2) is 6.20. The van der Waals surface area contributed by atoms with Crippen LogP contribution in [0.5, 0.6) is 0 Å². The van der Waals surface area contributed by atoms with Gasteiger partial charge in [-0.3, -0.25) is 18.8 Å². The second-order valence-electron chi connectivity index (χ2n) is 6.09. The number of carboxylic acid groups (broad SMARTS) is 1. The Kier molecular flexibility index (Phi) is 4.49. The number of amides is 1. The summed E-state index contributed by atoms with van der Waals surface area (Å²) in [6.45, 7) is 5.25. The van der Waals surface area contributed by atoms with Crippen LogP contribution in [-0.4, -0.2) is 31.9 Å². The van der Waals surface area contributed by atoms with Crippen molar-refractivity contribution in [3.8, 4) is 0 Å². The molecule has 2 rings (SSSR count). The molecular weight excluding hydrogens is 298 g/mol. The highest BCUT2D eigenvalue weighted by molar-refractivity contribution is 5.94. The number of aromatic nitrogens is 2. The molecule has 0 aromatic carbocycles. The van der Waals surface area contributed by atoms with Crippen LogP contribution in [0.1, 0.15) is 42.6 Å². The molecule has 122 valence electrons. The summed E-state index contributed by atoms with van der Waals surface area (Å²) in [5.41, 5.74) is 0.0630. The van der Waals surface area contributed by atoms with Crippen LogP contribution >= 0.6 is 0 Å². The smallest absolute Gasteiger partial charge is 0.303 e. The van der Waals surface area contributed by atoms with Crippen LogP contribution in [0.3, 0.4) is 0 Å². The zero-order valence-corrected chi connectivity index (χ0v) is 13.3. The van der Waals surface area contributed by atoms with Crippen molar-refractivity contribution in [3.63, 3.8) is 0 Å². The molecule has 0 spiro atoms. The summed E-state index contributed by atoms with van der Waals surface area (Å²) in [6, 6.07) is 3.54. The number of hydrogen-bond acceptors (Lipinski definition) is 4. The number of pyridine rings is 1. The Labute approximate surface area is 133 Å². The fourth-order valence-electron chi connectivity index (χ4n) is 2.26. The monoisotopic (exact) mass is 317 g/mol. The van der Waals surface area contributed by atoms with Gasteiger partial charge in [-0.1, -0.05) is 6.07 Å². The van der Waals surface area contributed by atoms with E-state index >= 15 is 0 Å². The van der Waals surface area contributed by atoms with Gasteiger partial charge in [-0.05, 0) is 38.8 Å². The standard InChI is InChI=1S/C16H19N3O4/c1-10-5-4-8-19-13(10)17-9-11(15(19)23)14(22)18-16(2,3)7-6-12(20)21/h4-5,8-9H,6-7H2,1-3H3,(H,18,22)(H,20,21). The van der Waals surface area contributed by atoms with Gasteiger partial charge < -0.3 is 10.4 Å². The maximum Gasteiger partial charge on any atom is 0.303 e. The normalized spacial score (nSPS) is 11.4. The van der Waals surface area contributed by atoms with E-state index in [0.29, 0.717) is 5.65 Å². The lowest BCUT2D eigenvalue weighted by Crippen LogP contribution is -2.45. The zero-order valence-electron chi connectivity index (χ0n) is 13.3. The Morgan fingerprint density at radius 1 is 1.39 bits per heavy atom. The van der Waals surface area contributed by atoms with E-state index in [2.05, 4.69) is 10.3 Å². The molecule has 0 atom stereocenters. The summed E-state index contributed by atoms with van der Waals surface area (Å²) in [4.78, 5) is 39.6. The summed E-state index contributed by atoms with van der Waals surface area (Å²) >= 11 is 0. The van der Waals surface area contributed by atoms with Gasteiger partial charge in [0, 0.05) is 24.4 Å². The fraction of sp³-hybridized carbons (Fsp3) is 0.375. The maximum absolute atomic E-state index is 12.4. The molecule has 0 fully saturated rings. The Bertz CT molecular complexity index is 824. The molecule has 7 nitrogen and oxygen atoms in total. The number of hydrogen-bond donors (Lipinski definition) is 2. The number of rotatable bonds is 5. The Hall–Kier alpha value is -2.70. The molecule has 0 radical (unpaired) electrons. The van der Waals surface area contributed by atoms with Crippen molar-refractivity contribution in [2.45, 2.75) is 39.2 Å². The lowest BCUT2D eigenvalue weighted by Gasteiger charge is -2.25. The highest BCUT2D eigenvalue weighted by Crippen LogP contribution is 2.12. The van der Waals surface area contributed by atoms with Crippen molar-refractivity contribution < 1.29 is 14.7 Å². The van der Waals surface area contributed by atoms with Gasteiger partial charge >= 0.3 is 5.97 Å². The molecule has 0 aliphatic heterocycles. The minimum atomic E-state index is -0.935. The molecule has 2 N–H and O–H groups in total. The van der Waals surface area contributed by atoms with Crippen molar-refractivity contribution in [1.82, 2.24) is 14.7 Å². The van der Waals surface area contributed by atoms with Gasteiger partial charge in [-0.2, -0.15) is 0 Å². The third-order valence-electron chi connectivity index (χ3n) is 3.59. The lowest BCUT2D eigenvalue weighted by molar-refractivity contribution is -0.137. The Balaban J connectivity index is 2.30. The first-order valence-corrected chi connectivity index (χ1v) is 7.22. The van der Waals surface area contributed by atoms with Crippen LogP contribution in [0.25, 0.3) is 5.65 Å². The predicted octanol–water partition coefficient (Wildman–Crippen LogP) is 1.38. The number of carbonyl (C=O) groups is 2. The van der Waals surface area contributed by atoms with Crippen LogP contribution in [0.4, 0.5) is 0 Å². The fourth-order valence-corrected chi connectivity index (χ4v) is 2.26. The molecule has 0 aliphatic rings. The first-order chi connectivity index (χ1) is 10.7. The molecule has 7 heteroatoms. The molecule has 0 aliphatic carbocycles. The van der Waals surface area contributed by atoms with Crippen LogP contribution in [0, 0.1) is 6.92 Å². The highest BCUT2D eigenvalue weighted by atomic mass is 16.4. The van der Waals surface area contributed by atoms with Crippen LogP contribution in [0.2, 0.25) is 0 Å². The molecule has 1 amide bonds. The van der Waals surface area contributed by atoms with Gasteiger partial charge in [-0.25, -0.2) is 4.98 Å². The van der Waals surface area contributed by atoms with Crippen LogP contribution < -0.4 is 10.9 Å². The van der Waals surface area contributed by atoms with E-state index in [-0.39, 0.29) is 18.4 Å². The average Bonchev–Trinajstić information content (AvgIpc) is 2.46. The lowest BCUT2D eigenvalue weighted by atomic mass is 9.98. The number of nitrogens with zero attached hydrogens (tertiary/aromatic N) is 2. The molecule has 2 aromatic rings. The summed E-state index contributed by atoms with van der Waals surface area (Å²) in [5, 5.41) is 11.4. The van der Waals surface area contributed by atoms with Crippen molar-refractivity contribution in [2.24, 2.45) is 0 Å². The van der Waals surface area contributed by atoms with Gasteiger partial charge in [-0.15, -0.1) is 0 Å². The summed E-state index contributed by atoms with van der Waals surface area (Å²) < 4.78 is 1.33. The minimum absolute atomic E-state index is 0.0680. The van der Waals surface area contributed by atoms with Crippen LogP contribution in [0.15, 0.2) is 29.3 Å². The Morgan fingerprint density at radius 3 is 2.74 bits per heavy atom.